The minimum Gasteiger partial charge on any atom is -0.491 e. The molecule has 0 amide bonds. The minimum absolute atomic E-state index is 0.00233. The van der Waals surface area contributed by atoms with Crippen molar-refractivity contribution in [1.29, 1.82) is 0 Å². The molecule has 2 aliphatic heterocycles. The van der Waals surface area contributed by atoms with Crippen molar-refractivity contribution in [2.24, 2.45) is 0 Å². The normalized spacial score (nSPS) is 22.6. The van der Waals surface area contributed by atoms with Gasteiger partial charge in [0.1, 0.15) is 24.3 Å². The molecule has 1 aromatic heterocycles. The highest BCUT2D eigenvalue weighted by Crippen LogP contribution is 2.39. The Labute approximate surface area is 157 Å². The first-order chi connectivity index (χ1) is 13.2. The topological polar surface area (TPSA) is 45.6 Å². The molecule has 3 heterocycles. The molecular formula is C22H21FN2O2. The molecule has 138 valence electrons. The minimum atomic E-state index is -0.566. The average molecular weight is 364 g/mol. The first-order valence-corrected chi connectivity index (χ1v) is 9.44. The van der Waals surface area contributed by atoms with Gasteiger partial charge >= 0.3 is 0 Å². The molecule has 0 saturated carbocycles. The van der Waals surface area contributed by atoms with E-state index in [0.29, 0.717) is 12.4 Å². The highest BCUT2D eigenvalue weighted by atomic mass is 19.1. The van der Waals surface area contributed by atoms with Crippen molar-refractivity contribution in [2.45, 2.75) is 25.0 Å². The molecular weight excluding hydrogens is 343 g/mol. The van der Waals surface area contributed by atoms with E-state index in [1.54, 1.807) is 12.3 Å². The third kappa shape index (κ3) is 2.87. The fourth-order valence-electron chi connectivity index (χ4n) is 4.30. The molecule has 0 bridgehead atoms. The van der Waals surface area contributed by atoms with Gasteiger partial charge in [-0.25, -0.2) is 4.39 Å². The van der Waals surface area contributed by atoms with Crippen molar-refractivity contribution in [3.8, 4) is 16.9 Å². The summed E-state index contributed by atoms with van der Waals surface area (Å²) in [7, 11) is 0. The third-order valence-corrected chi connectivity index (χ3v) is 5.70. The number of hydrogen-bond donors (Lipinski definition) is 1. The molecule has 2 aromatic carbocycles. The Bertz CT molecular complexity index is 1000. The number of ether oxygens (including phenoxy) is 1. The molecule has 0 aliphatic carbocycles. The van der Waals surface area contributed by atoms with Crippen LogP contribution in [-0.2, 0) is 0 Å². The van der Waals surface area contributed by atoms with Crippen LogP contribution < -0.4 is 4.74 Å². The number of halogens is 1. The van der Waals surface area contributed by atoms with Crippen LogP contribution in [0.3, 0.4) is 0 Å². The molecule has 2 aliphatic rings. The van der Waals surface area contributed by atoms with E-state index in [9.17, 15) is 9.50 Å². The lowest BCUT2D eigenvalue weighted by molar-refractivity contribution is 0.0140. The molecule has 1 fully saturated rings. The van der Waals surface area contributed by atoms with E-state index in [-0.39, 0.29) is 11.9 Å². The van der Waals surface area contributed by atoms with Gasteiger partial charge in [0.25, 0.3) is 0 Å². The van der Waals surface area contributed by atoms with Crippen LogP contribution in [0.5, 0.6) is 5.75 Å². The van der Waals surface area contributed by atoms with Crippen LogP contribution in [0.25, 0.3) is 22.0 Å². The predicted molar refractivity (Wildman–Crippen MR) is 102 cm³/mol. The lowest BCUT2D eigenvalue weighted by atomic mass is 9.94. The average Bonchev–Trinajstić information content (AvgIpc) is 3.22. The summed E-state index contributed by atoms with van der Waals surface area (Å²) >= 11 is 0. The van der Waals surface area contributed by atoms with Crippen LogP contribution in [0.4, 0.5) is 4.39 Å². The van der Waals surface area contributed by atoms with Gasteiger partial charge in [0, 0.05) is 22.7 Å². The Morgan fingerprint density at radius 2 is 1.96 bits per heavy atom. The van der Waals surface area contributed by atoms with Gasteiger partial charge in [0.2, 0.25) is 0 Å². The second-order valence-electron chi connectivity index (χ2n) is 7.35. The number of aliphatic hydroxyl groups is 1. The summed E-state index contributed by atoms with van der Waals surface area (Å²) in [4.78, 5) is 6.74. The van der Waals surface area contributed by atoms with Gasteiger partial charge in [-0.1, -0.05) is 18.2 Å². The molecule has 1 saturated heterocycles. The fraction of sp³-hybridized carbons (Fsp3) is 0.318. The van der Waals surface area contributed by atoms with Crippen molar-refractivity contribution >= 4 is 10.9 Å². The lowest BCUT2D eigenvalue weighted by Crippen LogP contribution is -2.44. The number of benzene rings is 2. The zero-order chi connectivity index (χ0) is 18.4. The number of fused-ring (bicyclic) bond motifs is 2. The Balaban J connectivity index is 1.54. The van der Waals surface area contributed by atoms with Gasteiger partial charge in [-0.05, 0) is 55.8 Å². The Kier molecular flexibility index (Phi) is 4.06. The Morgan fingerprint density at radius 1 is 1.11 bits per heavy atom. The maximum Gasteiger partial charge on any atom is 0.125 e. The van der Waals surface area contributed by atoms with E-state index >= 15 is 0 Å². The van der Waals surface area contributed by atoms with E-state index in [2.05, 4.69) is 9.88 Å². The molecule has 4 nitrogen and oxygen atoms in total. The quantitative estimate of drug-likeness (QED) is 0.748. The molecule has 0 spiro atoms. The second-order valence-corrected chi connectivity index (χ2v) is 7.35. The zero-order valence-electron chi connectivity index (χ0n) is 14.9. The van der Waals surface area contributed by atoms with E-state index in [0.717, 1.165) is 40.7 Å². The molecule has 2 atom stereocenters. The van der Waals surface area contributed by atoms with Crippen LogP contribution in [0.2, 0.25) is 0 Å². The Morgan fingerprint density at radius 3 is 2.81 bits per heavy atom. The monoisotopic (exact) mass is 364 g/mol. The van der Waals surface area contributed by atoms with Crippen molar-refractivity contribution in [3.63, 3.8) is 0 Å². The predicted octanol–water partition coefficient (Wildman–Crippen LogP) is 3.93. The van der Waals surface area contributed by atoms with Crippen molar-refractivity contribution in [1.82, 2.24) is 9.88 Å². The standard InChI is InChI=1S/C22H21FN2O2/c23-16-10-15-4-3-7-24-21(15)18(12-16)14-5-6-17-20(11-14)27-13-19(22(17)26)25-8-1-2-9-25/h3-7,10-12,19,22,26H,1-2,8-9,13H2/t19-,22-/m1/s1. The number of likely N-dealkylation sites (tertiary alicyclic amines) is 1. The van der Waals surface area contributed by atoms with E-state index in [1.807, 2.05) is 24.3 Å². The van der Waals surface area contributed by atoms with Gasteiger partial charge in [-0.2, -0.15) is 0 Å². The Hall–Kier alpha value is -2.50. The third-order valence-electron chi connectivity index (χ3n) is 5.70. The maximum atomic E-state index is 14.1. The van der Waals surface area contributed by atoms with Crippen molar-refractivity contribution in [3.05, 3.63) is 60.0 Å². The number of hydrogen-bond acceptors (Lipinski definition) is 4. The summed E-state index contributed by atoms with van der Waals surface area (Å²) in [6.45, 7) is 2.50. The number of pyridine rings is 1. The van der Waals surface area contributed by atoms with Crippen LogP contribution in [-0.4, -0.2) is 40.7 Å². The highest BCUT2D eigenvalue weighted by molar-refractivity contribution is 5.93. The van der Waals surface area contributed by atoms with Crippen LogP contribution in [0, 0.1) is 5.82 Å². The van der Waals surface area contributed by atoms with Gasteiger partial charge in [-0.15, -0.1) is 0 Å². The molecule has 1 N–H and O–H groups in total. The molecule has 0 unspecified atom stereocenters. The van der Waals surface area contributed by atoms with Crippen LogP contribution >= 0.6 is 0 Å². The smallest absolute Gasteiger partial charge is 0.125 e. The lowest BCUT2D eigenvalue weighted by Gasteiger charge is -2.36. The molecule has 0 radical (unpaired) electrons. The summed E-state index contributed by atoms with van der Waals surface area (Å²) in [5, 5.41) is 11.6. The zero-order valence-corrected chi connectivity index (χ0v) is 14.9. The van der Waals surface area contributed by atoms with E-state index in [4.69, 9.17) is 4.74 Å². The highest BCUT2D eigenvalue weighted by Gasteiger charge is 2.35. The summed E-state index contributed by atoms with van der Waals surface area (Å²) in [5.74, 6) is 0.377. The van der Waals surface area contributed by atoms with Crippen LogP contribution in [0.1, 0.15) is 24.5 Å². The number of aromatic nitrogens is 1. The van der Waals surface area contributed by atoms with Crippen molar-refractivity contribution in [2.75, 3.05) is 19.7 Å². The first kappa shape index (κ1) is 16.7. The molecule has 5 heteroatoms. The molecule has 3 aromatic rings. The van der Waals surface area contributed by atoms with Crippen LogP contribution in [0.15, 0.2) is 48.7 Å². The van der Waals surface area contributed by atoms with Gasteiger partial charge < -0.3 is 9.84 Å². The summed E-state index contributed by atoms with van der Waals surface area (Å²) < 4.78 is 20.1. The first-order valence-electron chi connectivity index (χ1n) is 9.44. The maximum absolute atomic E-state index is 14.1. The SMILES string of the molecule is O[C@@H]1c2ccc(-c3cc(F)cc4cccnc34)cc2OC[C@H]1N1CCCC1. The largest absolute Gasteiger partial charge is 0.491 e. The molecule has 27 heavy (non-hydrogen) atoms. The van der Waals surface area contributed by atoms with Gasteiger partial charge in [-0.3, -0.25) is 9.88 Å². The number of aliphatic hydroxyl groups excluding tert-OH is 1. The van der Waals surface area contributed by atoms with Gasteiger partial charge in [0.15, 0.2) is 0 Å². The molecule has 5 rings (SSSR count). The van der Waals surface area contributed by atoms with E-state index in [1.165, 1.54) is 25.0 Å². The summed E-state index contributed by atoms with van der Waals surface area (Å²) in [5.41, 5.74) is 3.12. The van der Waals surface area contributed by atoms with E-state index < -0.39 is 6.10 Å². The number of rotatable bonds is 2. The van der Waals surface area contributed by atoms with Gasteiger partial charge in [0.05, 0.1) is 11.6 Å². The van der Waals surface area contributed by atoms with Crippen molar-refractivity contribution < 1.29 is 14.2 Å². The second kappa shape index (κ2) is 6.59. The fourth-order valence-corrected chi connectivity index (χ4v) is 4.30. The summed E-state index contributed by atoms with van der Waals surface area (Å²) in [6, 6.07) is 12.4. The number of nitrogens with zero attached hydrogens (tertiary/aromatic N) is 2. The summed E-state index contributed by atoms with van der Waals surface area (Å²) in [6.07, 6.45) is 3.50.